The highest BCUT2D eigenvalue weighted by atomic mass is 35.5. The highest BCUT2D eigenvalue weighted by molar-refractivity contribution is 6.30. The highest BCUT2D eigenvalue weighted by Crippen LogP contribution is 2.66. The number of hydrogen-bond acceptors (Lipinski definition) is 6. The van der Waals surface area contributed by atoms with Crippen LogP contribution >= 0.6 is 11.6 Å². The third-order valence-electron chi connectivity index (χ3n) is 7.20. The van der Waals surface area contributed by atoms with E-state index in [4.69, 9.17) is 21.1 Å². The number of fused-ring (bicyclic) bond motifs is 1. The third-order valence-corrected chi connectivity index (χ3v) is 7.43. The fourth-order valence-corrected chi connectivity index (χ4v) is 5.29. The fraction of sp³-hybridized carbons (Fsp3) is 0.520. The molecule has 2 aromatic rings. The number of carbonyl (C=O) groups excluding carboxylic acids is 1. The standard InChI is InChI=1S/C25H24ClF5N5O3/c1-14-17(39-22-18(38-13-25(29,30)31)10-16(26)12-35(22)2)5-6-19-33-20(34-36(14)19)21(37)32-11-15-4-3-7-24(27,28)23(15)8-9-23/h5-6,10,15H,3-4,7-9,12-13H2,1-2H3/q+1. The molecule has 0 radical (unpaired) electrons. The number of halogens is 6. The van der Waals surface area contributed by atoms with E-state index in [9.17, 15) is 26.7 Å². The van der Waals surface area contributed by atoms with Crippen LogP contribution in [0.3, 0.4) is 0 Å². The molecule has 39 heavy (non-hydrogen) atoms. The lowest BCUT2D eigenvalue weighted by Crippen LogP contribution is -2.39. The van der Waals surface area contributed by atoms with Gasteiger partial charge in [0.15, 0.2) is 23.8 Å². The minimum atomic E-state index is -4.57. The van der Waals surface area contributed by atoms with Gasteiger partial charge in [0.05, 0.1) is 17.7 Å². The van der Waals surface area contributed by atoms with Crippen LogP contribution < -0.4 is 4.74 Å². The number of pyridine rings is 1. The Kier molecular flexibility index (Phi) is 6.73. The SMILES string of the molecule is Cc1c(OC2=C(OCC(F)(F)F)C=C(Cl)CN2C)ccc2nc(C(=O)[N+]#CC3CCCC(F)(F)C34CC4)nn12. The maximum Gasteiger partial charge on any atom is 0.587 e. The van der Waals surface area contributed by atoms with Gasteiger partial charge in [-0.3, -0.25) is 0 Å². The molecule has 0 aromatic carbocycles. The maximum absolute atomic E-state index is 14.4. The molecule has 208 valence electrons. The van der Waals surface area contributed by atoms with Crippen LogP contribution in [0.15, 0.2) is 34.9 Å². The lowest BCUT2D eigenvalue weighted by molar-refractivity contribution is -0.164. The monoisotopic (exact) mass is 572 g/mol. The number of likely N-dealkylation sites (N-methyl/N-ethyl adjacent to an activating group) is 1. The summed E-state index contributed by atoms with van der Waals surface area (Å²) < 4.78 is 79.2. The molecule has 2 fully saturated rings. The molecule has 2 aromatic heterocycles. The minimum Gasteiger partial charge on any atom is -0.478 e. The van der Waals surface area contributed by atoms with Gasteiger partial charge >= 0.3 is 17.9 Å². The van der Waals surface area contributed by atoms with Crippen molar-refractivity contribution in [3.8, 4) is 11.8 Å². The van der Waals surface area contributed by atoms with Crippen molar-refractivity contribution in [1.82, 2.24) is 19.5 Å². The number of allylic oxidation sites excluding steroid dienone is 1. The molecule has 1 spiro atoms. The summed E-state index contributed by atoms with van der Waals surface area (Å²) in [6.45, 7) is 0.263. The summed E-state index contributed by atoms with van der Waals surface area (Å²) in [6.07, 6.45) is -1.89. The molecular formula is C25H24ClF5N5O3+. The van der Waals surface area contributed by atoms with Gasteiger partial charge < -0.3 is 14.4 Å². The molecule has 2 saturated carbocycles. The Morgan fingerprint density at radius 3 is 2.72 bits per heavy atom. The average molecular weight is 573 g/mol. The zero-order valence-corrected chi connectivity index (χ0v) is 21.7. The van der Waals surface area contributed by atoms with Crippen LogP contribution in [0.25, 0.3) is 10.5 Å². The maximum atomic E-state index is 14.4. The summed E-state index contributed by atoms with van der Waals surface area (Å²) in [6, 6.07) is 5.67. The van der Waals surface area contributed by atoms with Gasteiger partial charge in [-0.25, -0.2) is 13.3 Å². The molecule has 3 heterocycles. The summed E-state index contributed by atoms with van der Waals surface area (Å²) in [5, 5.41) is 4.44. The second-order valence-electron chi connectivity index (χ2n) is 9.96. The molecule has 0 bridgehead atoms. The van der Waals surface area contributed by atoms with Crippen molar-refractivity contribution >= 4 is 23.2 Å². The number of ether oxygens (including phenoxy) is 2. The molecule has 2 aliphatic carbocycles. The van der Waals surface area contributed by atoms with Crippen LogP contribution in [-0.2, 0) is 4.74 Å². The second-order valence-corrected chi connectivity index (χ2v) is 10.4. The number of carbonyl (C=O) groups is 1. The van der Waals surface area contributed by atoms with E-state index in [-0.39, 0.29) is 46.9 Å². The van der Waals surface area contributed by atoms with Crippen molar-refractivity contribution in [2.75, 3.05) is 20.2 Å². The molecule has 5 rings (SSSR count). The molecule has 1 amide bonds. The molecule has 8 nitrogen and oxygen atoms in total. The van der Waals surface area contributed by atoms with E-state index in [2.05, 4.69) is 21.0 Å². The van der Waals surface area contributed by atoms with Crippen LogP contribution in [0, 0.1) is 24.3 Å². The topological polar surface area (TPSA) is 73.3 Å². The predicted octanol–water partition coefficient (Wildman–Crippen LogP) is 5.92. The first-order valence-electron chi connectivity index (χ1n) is 12.2. The molecular weight excluding hydrogens is 549 g/mol. The summed E-state index contributed by atoms with van der Waals surface area (Å²) in [7, 11) is 1.57. The number of nitrogens with zero attached hydrogens (tertiary/aromatic N) is 5. The third kappa shape index (κ3) is 5.26. The van der Waals surface area contributed by atoms with Crippen molar-refractivity contribution in [2.24, 2.45) is 11.3 Å². The van der Waals surface area contributed by atoms with E-state index in [1.54, 1.807) is 14.0 Å². The largest absolute Gasteiger partial charge is 0.587 e. The Hall–Kier alpha value is -3.40. The summed E-state index contributed by atoms with van der Waals surface area (Å²) in [5.74, 6) is -4.47. The normalized spacial score (nSPS) is 21.9. The average Bonchev–Trinajstić information content (AvgIpc) is 3.53. The predicted molar refractivity (Wildman–Crippen MR) is 129 cm³/mol. The van der Waals surface area contributed by atoms with E-state index in [0.717, 1.165) is 0 Å². The quantitative estimate of drug-likeness (QED) is 0.414. The molecule has 3 aliphatic rings. The van der Waals surface area contributed by atoms with E-state index in [1.165, 1.54) is 27.6 Å². The van der Waals surface area contributed by atoms with E-state index < -0.39 is 35.9 Å². The van der Waals surface area contributed by atoms with Gasteiger partial charge in [0.1, 0.15) is 5.92 Å². The lowest BCUT2D eigenvalue weighted by Gasteiger charge is -2.33. The van der Waals surface area contributed by atoms with Gasteiger partial charge in [0.2, 0.25) is 5.88 Å². The van der Waals surface area contributed by atoms with Crippen LogP contribution in [-0.4, -0.2) is 57.7 Å². The van der Waals surface area contributed by atoms with E-state index in [0.29, 0.717) is 31.4 Å². The zero-order valence-electron chi connectivity index (χ0n) is 21.0. The fourth-order valence-electron chi connectivity index (χ4n) is 5.02. The minimum absolute atomic E-state index is 0.00000370. The molecule has 14 heteroatoms. The molecule has 1 unspecified atom stereocenters. The van der Waals surface area contributed by atoms with Crippen LogP contribution in [0.2, 0.25) is 0 Å². The van der Waals surface area contributed by atoms with Gasteiger partial charge in [-0.05, 0) is 44.7 Å². The number of hydrogen-bond donors (Lipinski definition) is 0. The number of aryl methyl sites for hydroxylation is 1. The number of aromatic nitrogens is 3. The van der Waals surface area contributed by atoms with Crippen molar-refractivity contribution < 1.29 is 36.2 Å². The Bertz CT molecular complexity index is 1450. The van der Waals surface area contributed by atoms with E-state index >= 15 is 0 Å². The Morgan fingerprint density at radius 1 is 1.28 bits per heavy atom. The van der Waals surface area contributed by atoms with Crippen molar-refractivity contribution in [1.29, 1.82) is 0 Å². The Balaban J connectivity index is 1.39. The van der Waals surface area contributed by atoms with Crippen molar-refractivity contribution in [3.63, 3.8) is 0 Å². The summed E-state index contributed by atoms with van der Waals surface area (Å²) in [5.41, 5.74) is -0.496. The highest BCUT2D eigenvalue weighted by Gasteiger charge is 2.68. The first-order chi connectivity index (χ1) is 18.3. The van der Waals surface area contributed by atoms with Crippen LogP contribution in [0.5, 0.6) is 5.75 Å². The first kappa shape index (κ1) is 27.2. The molecule has 0 saturated heterocycles. The van der Waals surface area contributed by atoms with Crippen LogP contribution in [0.4, 0.5) is 22.0 Å². The second kappa shape index (κ2) is 9.66. The summed E-state index contributed by atoms with van der Waals surface area (Å²) >= 11 is 6.04. The van der Waals surface area contributed by atoms with Gasteiger partial charge in [0, 0.05) is 29.4 Å². The lowest BCUT2D eigenvalue weighted by atomic mass is 9.74. The Labute approximate surface area is 224 Å². The molecule has 1 aliphatic heterocycles. The van der Waals surface area contributed by atoms with Crippen molar-refractivity contribution in [2.45, 2.75) is 51.1 Å². The molecule has 0 N–H and O–H groups in total. The van der Waals surface area contributed by atoms with Gasteiger partial charge in [0.25, 0.3) is 12.0 Å². The smallest absolute Gasteiger partial charge is 0.478 e. The Morgan fingerprint density at radius 2 is 2.03 bits per heavy atom. The van der Waals surface area contributed by atoms with Gasteiger partial charge in [-0.15, -0.1) is 5.10 Å². The van der Waals surface area contributed by atoms with Crippen LogP contribution in [0.1, 0.15) is 48.4 Å². The number of rotatable bonds is 5. The first-order valence-corrected chi connectivity index (χ1v) is 12.6. The summed E-state index contributed by atoms with van der Waals surface area (Å²) in [4.78, 5) is 22.2. The zero-order chi connectivity index (χ0) is 28.2. The van der Waals surface area contributed by atoms with E-state index in [1.807, 2.05) is 0 Å². The van der Waals surface area contributed by atoms with Gasteiger partial charge in [-0.2, -0.15) is 22.9 Å². The number of amides is 1. The van der Waals surface area contributed by atoms with Gasteiger partial charge in [-0.1, -0.05) is 11.6 Å². The number of alkyl halides is 5. The van der Waals surface area contributed by atoms with Crippen molar-refractivity contribution in [3.05, 3.63) is 51.2 Å². The molecule has 1 atom stereocenters.